The first-order valence-electron chi connectivity index (χ1n) is 6.15. The van der Waals surface area contributed by atoms with Crippen LogP contribution in [0.2, 0.25) is 0 Å². The van der Waals surface area contributed by atoms with E-state index in [1.54, 1.807) is 0 Å². The maximum absolute atomic E-state index is 9.65. The Bertz CT molecular complexity index is 553. The van der Waals surface area contributed by atoms with E-state index in [-0.39, 0.29) is 6.10 Å². The zero-order valence-electron chi connectivity index (χ0n) is 9.73. The fourth-order valence-corrected chi connectivity index (χ4v) is 3.50. The van der Waals surface area contributed by atoms with Crippen LogP contribution in [0.4, 0.5) is 0 Å². The van der Waals surface area contributed by atoms with Gasteiger partial charge in [0.15, 0.2) is 0 Å². The van der Waals surface area contributed by atoms with Crippen molar-refractivity contribution in [3.63, 3.8) is 0 Å². The van der Waals surface area contributed by atoms with Gasteiger partial charge in [-0.15, -0.1) is 11.3 Å². The molecule has 2 heteroatoms. The van der Waals surface area contributed by atoms with Crippen molar-refractivity contribution >= 4 is 21.4 Å². The lowest BCUT2D eigenvalue weighted by atomic mass is 9.92. The number of allylic oxidation sites excluding steroid dienone is 1. The fraction of sp³-hybridized carbons (Fsp3) is 0.333. The van der Waals surface area contributed by atoms with Crippen molar-refractivity contribution in [3.8, 4) is 0 Å². The van der Waals surface area contributed by atoms with E-state index in [2.05, 4.69) is 35.7 Å². The molecular weight excluding hydrogens is 228 g/mol. The lowest BCUT2D eigenvalue weighted by Gasteiger charge is -2.16. The Labute approximate surface area is 105 Å². The van der Waals surface area contributed by atoms with Gasteiger partial charge in [-0.25, -0.2) is 0 Å². The van der Waals surface area contributed by atoms with Gasteiger partial charge in [0, 0.05) is 4.70 Å². The van der Waals surface area contributed by atoms with Crippen molar-refractivity contribution in [2.24, 2.45) is 0 Å². The molecule has 1 atom stereocenters. The number of aliphatic hydroxyl groups excluding tert-OH is 1. The van der Waals surface area contributed by atoms with E-state index >= 15 is 0 Å². The summed E-state index contributed by atoms with van der Waals surface area (Å²) in [5, 5.41) is 13.3. The monoisotopic (exact) mass is 244 g/mol. The molecular formula is C15H16OS. The third-order valence-corrected chi connectivity index (χ3v) is 4.42. The largest absolute Gasteiger partial charge is 0.389 e. The quantitative estimate of drug-likeness (QED) is 0.794. The van der Waals surface area contributed by atoms with Crippen molar-refractivity contribution in [2.75, 3.05) is 0 Å². The molecule has 1 aliphatic carbocycles. The maximum Gasteiger partial charge on any atom is 0.0723 e. The van der Waals surface area contributed by atoms with Gasteiger partial charge < -0.3 is 5.11 Å². The van der Waals surface area contributed by atoms with Crippen LogP contribution < -0.4 is 0 Å². The van der Waals surface area contributed by atoms with Crippen LogP contribution in [0, 0.1) is 0 Å². The van der Waals surface area contributed by atoms with Gasteiger partial charge in [0.25, 0.3) is 0 Å². The smallest absolute Gasteiger partial charge is 0.0723 e. The van der Waals surface area contributed by atoms with Crippen molar-refractivity contribution in [1.82, 2.24) is 0 Å². The summed E-state index contributed by atoms with van der Waals surface area (Å²) in [6.07, 6.45) is 6.02. The molecule has 1 aliphatic rings. The normalized spacial score (nSPS) is 20.5. The van der Waals surface area contributed by atoms with Gasteiger partial charge in [0.1, 0.15) is 0 Å². The molecule has 0 spiro atoms. The Morgan fingerprint density at radius 2 is 2.18 bits per heavy atom. The molecule has 0 saturated carbocycles. The lowest BCUT2D eigenvalue weighted by molar-refractivity contribution is 0.202. The minimum atomic E-state index is -0.219. The van der Waals surface area contributed by atoms with Crippen LogP contribution in [0.15, 0.2) is 41.3 Å². The van der Waals surface area contributed by atoms with Crippen LogP contribution in [-0.4, -0.2) is 11.2 Å². The highest BCUT2D eigenvalue weighted by atomic mass is 32.1. The van der Waals surface area contributed by atoms with Gasteiger partial charge in [-0.1, -0.05) is 29.8 Å². The highest BCUT2D eigenvalue weighted by Gasteiger charge is 2.12. The molecule has 2 aromatic rings. The van der Waals surface area contributed by atoms with Gasteiger partial charge in [-0.2, -0.15) is 0 Å². The Morgan fingerprint density at radius 3 is 3.06 bits per heavy atom. The summed E-state index contributed by atoms with van der Waals surface area (Å²) in [5.74, 6) is 0. The molecule has 1 N–H and O–H groups in total. The zero-order chi connectivity index (χ0) is 11.7. The number of aliphatic hydroxyl groups is 1. The van der Waals surface area contributed by atoms with Crippen LogP contribution >= 0.6 is 11.3 Å². The summed E-state index contributed by atoms with van der Waals surface area (Å²) in [4.78, 5) is 0. The molecule has 17 heavy (non-hydrogen) atoms. The molecule has 88 valence electrons. The van der Waals surface area contributed by atoms with Crippen molar-refractivity contribution in [3.05, 3.63) is 46.9 Å². The molecule has 1 aromatic carbocycles. The minimum Gasteiger partial charge on any atom is -0.389 e. The Hall–Kier alpha value is -1.12. The van der Waals surface area contributed by atoms with Gasteiger partial charge in [0.05, 0.1) is 6.10 Å². The van der Waals surface area contributed by atoms with E-state index < -0.39 is 0 Å². The topological polar surface area (TPSA) is 20.2 Å². The fourth-order valence-electron chi connectivity index (χ4n) is 2.54. The van der Waals surface area contributed by atoms with E-state index in [1.165, 1.54) is 21.2 Å². The predicted molar refractivity (Wildman–Crippen MR) is 73.5 cm³/mol. The van der Waals surface area contributed by atoms with Crippen LogP contribution in [0.1, 0.15) is 24.8 Å². The molecule has 1 aromatic heterocycles. The first-order chi connectivity index (χ1) is 8.33. The summed E-state index contributed by atoms with van der Waals surface area (Å²) < 4.78 is 1.36. The van der Waals surface area contributed by atoms with Crippen molar-refractivity contribution < 1.29 is 5.11 Å². The number of hydrogen-bond acceptors (Lipinski definition) is 2. The predicted octanol–water partition coefficient (Wildman–Crippen LogP) is 3.92. The van der Waals surface area contributed by atoms with Gasteiger partial charge in [-0.3, -0.25) is 0 Å². The van der Waals surface area contributed by atoms with E-state index in [0.29, 0.717) is 0 Å². The number of rotatable bonds is 2. The Balaban J connectivity index is 1.90. The SMILES string of the molecule is OC1C=C(Cc2csc3ccccc23)CCC1. The number of fused-ring (bicyclic) bond motifs is 1. The van der Waals surface area contributed by atoms with Crippen molar-refractivity contribution in [2.45, 2.75) is 31.8 Å². The van der Waals surface area contributed by atoms with Crippen LogP contribution in [-0.2, 0) is 6.42 Å². The first-order valence-corrected chi connectivity index (χ1v) is 7.03. The molecule has 0 saturated heterocycles. The summed E-state index contributed by atoms with van der Waals surface area (Å²) in [6.45, 7) is 0. The highest BCUT2D eigenvalue weighted by molar-refractivity contribution is 7.17. The average molecular weight is 244 g/mol. The highest BCUT2D eigenvalue weighted by Crippen LogP contribution is 2.29. The second-order valence-electron chi connectivity index (χ2n) is 4.72. The summed E-state index contributed by atoms with van der Waals surface area (Å²) >= 11 is 1.81. The molecule has 0 amide bonds. The average Bonchev–Trinajstić information content (AvgIpc) is 2.73. The third-order valence-electron chi connectivity index (χ3n) is 3.40. The lowest BCUT2D eigenvalue weighted by Crippen LogP contribution is -2.09. The van der Waals surface area contributed by atoms with E-state index in [9.17, 15) is 5.11 Å². The van der Waals surface area contributed by atoms with Gasteiger partial charge in [0.2, 0.25) is 0 Å². The molecule has 3 rings (SSSR count). The number of thiophene rings is 1. The number of hydrogen-bond donors (Lipinski definition) is 1. The molecule has 1 heterocycles. The van der Waals surface area contributed by atoms with E-state index in [4.69, 9.17) is 0 Å². The Morgan fingerprint density at radius 1 is 1.29 bits per heavy atom. The standard InChI is InChI=1S/C15H16OS/c16-13-5-3-4-11(9-13)8-12-10-17-15-7-2-1-6-14(12)15/h1-2,6-7,9-10,13,16H,3-5,8H2. The third kappa shape index (κ3) is 2.28. The molecule has 1 nitrogen and oxygen atoms in total. The summed E-state index contributed by atoms with van der Waals surface area (Å²) in [7, 11) is 0. The maximum atomic E-state index is 9.65. The van der Waals surface area contributed by atoms with Crippen LogP contribution in [0.5, 0.6) is 0 Å². The first kappa shape index (κ1) is 11.0. The van der Waals surface area contributed by atoms with E-state index in [0.717, 1.165) is 25.7 Å². The summed E-state index contributed by atoms with van der Waals surface area (Å²) in [6, 6.07) is 8.56. The van der Waals surface area contributed by atoms with Crippen LogP contribution in [0.25, 0.3) is 10.1 Å². The molecule has 1 unspecified atom stereocenters. The van der Waals surface area contributed by atoms with Gasteiger partial charge in [-0.05, 0) is 48.1 Å². The zero-order valence-corrected chi connectivity index (χ0v) is 10.5. The minimum absolute atomic E-state index is 0.219. The van der Waals surface area contributed by atoms with E-state index in [1.807, 2.05) is 11.3 Å². The molecule has 0 radical (unpaired) electrons. The second kappa shape index (κ2) is 4.63. The van der Waals surface area contributed by atoms with Crippen LogP contribution in [0.3, 0.4) is 0 Å². The molecule has 0 aliphatic heterocycles. The van der Waals surface area contributed by atoms with Crippen molar-refractivity contribution in [1.29, 1.82) is 0 Å². The Kier molecular flexibility index (Phi) is 3.00. The summed E-state index contributed by atoms with van der Waals surface area (Å²) in [5.41, 5.74) is 2.80. The molecule has 0 bridgehead atoms. The number of benzene rings is 1. The van der Waals surface area contributed by atoms with Gasteiger partial charge >= 0.3 is 0 Å². The molecule has 0 fully saturated rings. The second-order valence-corrected chi connectivity index (χ2v) is 5.63.